The average molecular weight is 471 g/mol. The number of likely N-dealkylation sites (N-methyl/N-ethyl adjacent to an activating group) is 1. The van der Waals surface area contributed by atoms with E-state index in [1.54, 1.807) is 14.1 Å². The van der Waals surface area contributed by atoms with Crippen molar-refractivity contribution in [2.45, 2.75) is 50.7 Å². The number of carbonyl (C=O) groups is 3. The molecule has 0 aliphatic heterocycles. The molecular weight excluding hydrogens is 440 g/mol. The highest BCUT2D eigenvalue weighted by Gasteiger charge is 2.64. The molecule has 9 heteroatoms. The molecule has 1 fully saturated rings. The fourth-order valence-corrected chi connectivity index (χ4v) is 5.91. The Morgan fingerprint density at radius 3 is 2.47 bits per heavy atom. The Morgan fingerprint density at radius 1 is 1.21 bits per heavy atom. The maximum Gasteiger partial charge on any atom is 0.255 e. The van der Waals surface area contributed by atoms with Gasteiger partial charge in [0, 0.05) is 11.5 Å². The lowest BCUT2D eigenvalue weighted by molar-refractivity contribution is -0.153. The summed E-state index contributed by atoms with van der Waals surface area (Å²) >= 11 is 0. The monoisotopic (exact) mass is 470 g/mol. The Kier molecular flexibility index (Phi) is 5.81. The fourth-order valence-electron chi connectivity index (χ4n) is 5.91. The van der Waals surface area contributed by atoms with Crippen LogP contribution in [0.25, 0.3) is 5.76 Å². The molecule has 3 aliphatic carbocycles. The van der Waals surface area contributed by atoms with Crippen molar-refractivity contribution < 1.29 is 34.8 Å². The quantitative estimate of drug-likeness (QED) is 0.402. The number of nitrogens with two attached hydrogens (primary N) is 1. The second kappa shape index (κ2) is 8.25. The Morgan fingerprint density at radius 2 is 1.88 bits per heavy atom. The molecule has 1 aromatic rings. The topological polar surface area (TPSA) is 161 Å². The number of primary amides is 1. The van der Waals surface area contributed by atoms with Crippen LogP contribution in [-0.2, 0) is 27.2 Å². The molecule has 4 rings (SSSR count). The van der Waals surface area contributed by atoms with Crippen molar-refractivity contribution in [1.29, 1.82) is 0 Å². The number of unbranched alkanes of at least 4 members (excludes halogenated alkanes) is 1. The molecule has 6 N–H and O–H groups in total. The Bertz CT molecular complexity index is 1170. The number of hydrogen-bond donors (Lipinski definition) is 5. The van der Waals surface area contributed by atoms with Crippen LogP contribution < -0.4 is 5.73 Å². The van der Waals surface area contributed by atoms with E-state index in [9.17, 15) is 34.8 Å². The van der Waals surface area contributed by atoms with E-state index in [0.717, 1.165) is 30.4 Å². The molecule has 0 saturated heterocycles. The minimum atomic E-state index is -2.61. The second-order valence-electron chi connectivity index (χ2n) is 9.66. The molecular formula is C25H30N2O7. The molecule has 182 valence electrons. The molecule has 0 radical (unpaired) electrons. The van der Waals surface area contributed by atoms with Gasteiger partial charge in [0.25, 0.3) is 5.91 Å². The number of aromatic hydroxyl groups is 1. The maximum absolute atomic E-state index is 13.7. The summed E-state index contributed by atoms with van der Waals surface area (Å²) in [5.41, 5.74) is 3.60. The number of Topliss-reactive ketones (excluding diaryl/α,β-unsaturated/α-hetero) is 2. The van der Waals surface area contributed by atoms with Crippen molar-refractivity contribution in [3.63, 3.8) is 0 Å². The smallest absolute Gasteiger partial charge is 0.255 e. The number of nitrogens with zero attached hydrogens (tertiary/aromatic N) is 1. The van der Waals surface area contributed by atoms with Crippen LogP contribution in [0.1, 0.15) is 42.9 Å². The zero-order valence-electron chi connectivity index (χ0n) is 19.5. The van der Waals surface area contributed by atoms with Crippen molar-refractivity contribution >= 4 is 23.2 Å². The van der Waals surface area contributed by atoms with E-state index < -0.39 is 58.0 Å². The number of carbonyl (C=O) groups excluding carboxylic acids is 3. The van der Waals surface area contributed by atoms with Gasteiger partial charge in [0.05, 0.1) is 11.6 Å². The van der Waals surface area contributed by atoms with Gasteiger partial charge in [-0.1, -0.05) is 19.4 Å². The van der Waals surface area contributed by atoms with E-state index in [0.29, 0.717) is 6.42 Å². The van der Waals surface area contributed by atoms with E-state index in [1.807, 2.05) is 6.07 Å². The third kappa shape index (κ3) is 3.18. The Labute approximate surface area is 197 Å². The van der Waals surface area contributed by atoms with Crippen LogP contribution in [0.3, 0.4) is 0 Å². The first kappa shape index (κ1) is 24.0. The number of ketones is 2. The van der Waals surface area contributed by atoms with Crippen molar-refractivity contribution in [2.75, 3.05) is 14.1 Å². The summed E-state index contributed by atoms with van der Waals surface area (Å²) in [5, 5.41) is 44.1. The van der Waals surface area contributed by atoms with Crippen LogP contribution in [0.15, 0.2) is 29.0 Å². The van der Waals surface area contributed by atoms with Gasteiger partial charge in [-0.2, -0.15) is 0 Å². The number of phenolic OH excluding ortho intramolecular Hbond substituents is 1. The van der Waals surface area contributed by atoms with Gasteiger partial charge in [0.15, 0.2) is 11.4 Å². The lowest BCUT2D eigenvalue weighted by Crippen LogP contribution is -2.65. The van der Waals surface area contributed by atoms with Gasteiger partial charge in [0.1, 0.15) is 22.8 Å². The zero-order chi connectivity index (χ0) is 25.1. The number of benzene rings is 1. The Hall–Kier alpha value is -3.17. The largest absolute Gasteiger partial charge is 0.508 e. The van der Waals surface area contributed by atoms with Crippen LogP contribution in [0.4, 0.5) is 0 Å². The number of aliphatic hydroxyl groups is 3. The summed E-state index contributed by atoms with van der Waals surface area (Å²) < 4.78 is 0. The summed E-state index contributed by atoms with van der Waals surface area (Å²) in [6.07, 6.45) is 3.02. The number of amides is 1. The zero-order valence-corrected chi connectivity index (χ0v) is 19.5. The van der Waals surface area contributed by atoms with E-state index in [-0.39, 0.29) is 23.3 Å². The summed E-state index contributed by atoms with van der Waals surface area (Å²) in [5.74, 6) is -6.34. The summed E-state index contributed by atoms with van der Waals surface area (Å²) in [6, 6.07) is 2.19. The van der Waals surface area contributed by atoms with Gasteiger partial charge in [-0.3, -0.25) is 19.3 Å². The molecule has 4 atom stereocenters. The second-order valence-corrected chi connectivity index (χ2v) is 9.66. The van der Waals surface area contributed by atoms with Gasteiger partial charge in [-0.25, -0.2) is 0 Å². The molecule has 0 bridgehead atoms. The molecule has 9 nitrogen and oxygen atoms in total. The standard InChI is InChI=1S/C25H30N2O7/c1-4-5-6-11-7-8-15(28)17-13(11)9-12-10-14-19(27(2)3)21(30)18(24(26)33)23(32)25(14,34)22(31)16(12)20(17)29/h7-8,12,14,19,28-29,32,34H,4-6,9-10H2,1-3H3,(H2,26,33). The van der Waals surface area contributed by atoms with Gasteiger partial charge < -0.3 is 26.2 Å². The highest BCUT2D eigenvalue weighted by molar-refractivity contribution is 6.24. The minimum absolute atomic E-state index is 0.0919. The van der Waals surface area contributed by atoms with Gasteiger partial charge in [-0.05, 0) is 62.9 Å². The van der Waals surface area contributed by atoms with E-state index >= 15 is 0 Å². The van der Waals surface area contributed by atoms with Crippen LogP contribution >= 0.6 is 0 Å². The Balaban J connectivity index is 1.94. The molecule has 0 heterocycles. The van der Waals surface area contributed by atoms with Crippen molar-refractivity contribution in [3.8, 4) is 5.75 Å². The molecule has 0 spiro atoms. The SMILES string of the molecule is CCCCc1ccc(O)c2c1CC1CC3C(N(C)C)C(=O)C(C(N)=O)=C(O)C3(O)C(=O)C1=C2O. The maximum atomic E-state index is 13.7. The molecule has 3 aliphatic rings. The number of hydrogen-bond acceptors (Lipinski definition) is 8. The average Bonchev–Trinajstić information content (AvgIpc) is 2.75. The molecule has 1 saturated carbocycles. The van der Waals surface area contributed by atoms with Gasteiger partial charge in [0.2, 0.25) is 5.78 Å². The summed E-state index contributed by atoms with van der Waals surface area (Å²) in [7, 11) is 3.16. The molecule has 34 heavy (non-hydrogen) atoms. The van der Waals surface area contributed by atoms with Crippen molar-refractivity contribution in [2.24, 2.45) is 17.6 Å². The molecule has 1 aromatic carbocycles. The number of aliphatic hydroxyl groups excluding tert-OH is 2. The fraction of sp³-hybridized carbons (Fsp3) is 0.480. The van der Waals surface area contributed by atoms with E-state index in [1.165, 1.54) is 11.0 Å². The lowest BCUT2D eigenvalue weighted by atomic mass is 9.57. The molecule has 4 unspecified atom stereocenters. The van der Waals surface area contributed by atoms with Gasteiger partial charge >= 0.3 is 0 Å². The number of phenols is 1. The van der Waals surface area contributed by atoms with E-state index in [4.69, 9.17) is 5.73 Å². The minimum Gasteiger partial charge on any atom is -0.508 e. The predicted molar refractivity (Wildman–Crippen MR) is 123 cm³/mol. The van der Waals surface area contributed by atoms with Gasteiger partial charge in [-0.15, -0.1) is 0 Å². The summed E-state index contributed by atoms with van der Waals surface area (Å²) in [6.45, 7) is 2.06. The van der Waals surface area contributed by atoms with Crippen molar-refractivity contribution in [3.05, 3.63) is 45.7 Å². The first-order valence-corrected chi connectivity index (χ1v) is 11.4. The number of rotatable bonds is 5. The van der Waals surface area contributed by atoms with Crippen LogP contribution in [0.5, 0.6) is 5.75 Å². The summed E-state index contributed by atoms with van der Waals surface area (Å²) in [4.78, 5) is 40.3. The van der Waals surface area contributed by atoms with E-state index in [2.05, 4.69) is 6.92 Å². The van der Waals surface area contributed by atoms with Crippen LogP contribution in [0.2, 0.25) is 0 Å². The molecule has 0 aromatic heterocycles. The highest BCUT2D eigenvalue weighted by atomic mass is 16.3. The highest BCUT2D eigenvalue weighted by Crippen LogP contribution is 2.52. The first-order chi connectivity index (χ1) is 16.0. The predicted octanol–water partition coefficient (Wildman–Crippen LogP) is 1.31. The number of fused-ring (bicyclic) bond motifs is 3. The lowest BCUT2D eigenvalue weighted by Gasteiger charge is -2.50. The molecule has 1 amide bonds. The number of aryl methyl sites for hydroxylation is 1. The normalized spacial score (nSPS) is 28.7. The van der Waals surface area contributed by atoms with Crippen molar-refractivity contribution in [1.82, 2.24) is 4.90 Å². The van der Waals surface area contributed by atoms with Crippen LogP contribution in [0, 0.1) is 11.8 Å². The first-order valence-electron chi connectivity index (χ1n) is 11.4. The van der Waals surface area contributed by atoms with Crippen LogP contribution in [-0.4, -0.2) is 68.5 Å². The third-order valence-corrected chi connectivity index (χ3v) is 7.50. The third-order valence-electron chi connectivity index (χ3n) is 7.50.